The first-order valence-electron chi connectivity index (χ1n) is 2.09. The SMILES string of the molecule is C=C(CC)C(=O)O.[HH]. The topological polar surface area (TPSA) is 37.3 Å². The van der Waals surface area contributed by atoms with Gasteiger partial charge in [0.25, 0.3) is 0 Å². The average molecular weight is 102 g/mol. The highest BCUT2D eigenvalue weighted by Gasteiger charge is 1.96. The van der Waals surface area contributed by atoms with Crippen LogP contribution in [0, 0.1) is 0 Å². The van der Waals surface area contributed by atoms with Crippen molar-refractivity contribution < 1.29 is 11.3 Å². The summed E-state index contributed by atoms with van der Waals surface area (Å²) in [6, 6.07) is 0. The van der Waals surface area contributed by atoms with Crippen LogP contribution >= 0.6 is 0 Å². The molecule has 42 valence electrons. The zero-order chi connectivity index (χ0) is 5.86. The van der Waals surface area contributed by atoms with Gasteiger partial charge >= 0.3 is 5.97 Å². The summed E-state index contributed by atoms with van der Waals surface area (Å²) < 4.78 is 0. The fourth-order valence-corrected chi connectivity index (χ4v) is 0.151. The number of rotatable bonds is 2. The lowest BCUT2D eigenvalue weighted by Gasteiger charge is -1.87. The lowest BCUT2D eigenvalue weighted by Crippen LogP contribution is -1.95. The van der Waals surface area contributed by atoms with Crippen LogP contribution in [0.1, 0.15) is 14.8 Å². The summed E-state index contributed by atoms with van der Waals surface area (Å²) >= 11 is 0. The van der Waals surface area contributed by atoms with Crippen LogP contribution in [0.25, 0.3) is 0 Å². The van der Waals surface area contributed by atoms with Gasteiger partial charge in [-0.25, -0.2) is 4.79 Å². The van der Waals surface area contributed by atoms with E-state index >= 15 is 0 Å². The van der Waals surface area contributed by atoms with E-state index in [9.17, 15) is 4.79 Å². The number of hydrogen-bond acceptors (Lipinski definition) is 1. The Hall–Kier alpha value is -0.790. The quantitative estimate of drug-likeness (QED) is 0.533. The van der Waals surface area contributed by atoms with E-state index in [1.54, 1.807) is 6.92 Å². The Morgan fingerprint density at radius 2 is 2.43 bits per heavy atom. The van der Waals surface area contributed by atoms with Gasteiger partial charge in [0.05, 0.1) is 0 Å². The van der Waals surface area contributed by atoms with Gasteiger partial charge in [0, 0.05) is 7.00 Å². The predicted molar refractivity (Wildman–Crippen MR) is 29.2 cm³/mol. The summed E-state index contributed by atoms with van der Waals surface area (Å²) in [5.41, 5.74) is 0.264. The van der Waals surface area contributed by atoms with E-state index in [2.05, 4.69) is 6.58 Å². The van der Waals surface area contributed by atoms with Crippen LogP contribution in [0.5, 0.6) is 0 Å². The Kier molecular flexibility index (Phi) is 2.12. The third kappa shape index (κ3) is 1.98. The Labute approximate surface area is 43.9 Å². The van der Waals surface area contributed by atoms with Gasteiger partial charge in [-0.2, -0.15) is 0 Å². The van der Waals surface area contributed by atoms with Crippen LogP contribution in [0.3, 0.4) is 0 Å². The summed E-state index contributed by atoms with van der Waals surface area (Å²) in [6.45, 7) is 5.03. The van der Waals surface area contributed by atoms with Crippen molar-refractivity contribution in [2.45, 2.75) is 13.3 Å². The smallest absolute Gasteiger partial charge is 0.330 e. The van der Waals surface area contributed by atoms with Crippen molar-refractivity contribution >= 4 is 5.97 Å². The van der Waals surface area contributed by atoms with E-state index in [4.69, 9.17) is 5.11 Å². The van der Waals surface area contributed by atoms with Gasteiger partial charge in [-0.3, -0.25) is 0 Å². The van der Waals surface area contributed by atoms with Crippen LogP contribution < -0.4 is 0 Å². The van der Waals surface area contributed by atoms with Crippen molar-refractivity contribution in [2.24, 2.45) is 0 Å². The maximum atomic E-state index is 9.83. The summed E-state index contributed by atoms with van der Waals surface area (Å²) in [4.78, 5) is 9.83. The van der Waals surface area contributed by atoms with Gasteiger partial charge in [0.15, 0.2) is 0 Å². The molecule has 0 unspecified atom stereocenters. The highest BCUT2D eigenvalue weighted by molar-refractivity contribution is 5.85. The molecule has 0 fully saturated rings. The monoisotopic (exact) mass is 102 g/mol. The number of carboxylic acids is 1. The second kappa shape index (κ2) is 2.39. The first kappa shape index (κ1) is 6.21. The highest BCUT2D eigenvalue weighted by atomic mass is 16.4. The minimum absolute atomic E-state index is 0. The van der Waals surface area contributed by atoms with E-state index in [1.807, 2.05) is 0 Å². The second-order valence-corrected chi connectivity index (χ2v) is 1.26. The van der Waals surface area contributed by atoms with Crippen molar-refractivity contribution in [3.63, 3.8) is 0 Å². The van der Waals surface area contributed by atoms with Crippen LogP contribution in [-0.2, 0) is 4.79 Å². The van der Waals surface area contributed by atoms with Crippen LogP contribution in [-0.4, -0.2) is 11.1 Å². The van der Waals surface area contributed by atoms with Crippen molar-refractivity contribution in [3.05, 3.63) is 12.2 Å². The molecule has 0 aromatic heterocycles. The first-order chi connectivity index (χ1) is 3.18. The van der Waals surface area contributed by atoms with E-state index in [1.165, 1.54) is 0 Å². The molecule has 2 nitrogen and oxygen atoms in total. The van der Waals surface area contributed by atoms with E-state index in [0.29, 0.717) is 6.42 Å². The van der Waals surface area contributed by atoms with E-state index in [0.717, 1.165) is 0 Å². The molecule has 0 spiro atoms. The summed E-state index contributed by atoms with van der Waals surface area (Å²) in [6.07, 6.45) is 0.523. The van der Waals surface area contributed by atoms with Crippen LogP contribution in [0.4, 0.5) is 0 Å². The van der Waals surface area contributed by atoms with Gasteiger partial charge in [0.1, 0.15) is 0 Å². The maximum Gasteiger partial charge on any atom is 0.330 e. The summed E-state index contributed by atoms with van der Waals surface area (Å²) in [5, 5.41) is 8.08. The molecule has 0 amide bonds. The molecule has 0 aliphatic rings. The molecule has 1 N–H and O–H groups in total. The molecule has 0 atom stereocenters. The summed E-state index contributed by atoms with van der Waals surface area (Å²) in [7, 11) is 0. The minimum atomic E-state index is -0.900. The Morgan fingerprint density at radius 3 is 2.43 bits per heavy atom. The standard InChI is InChI=1S/C5H8O2.H2/c1-3-4(2)5(6)7;/h2-3H2,1H3,(H,6,7);1H. The fraction of sp³-hybridized carbons (Fsp3) is 0.400. The fourth-order valence-electron chi connectivity index (χ4n) is 0.151. The first-order valence-corrected chi connectivity index (χ1v) is 2.09. The van der Waals surface area contributed by atoms with Gasteiger partial charge in [-0.05, 0) is 6.42 Å². The van der Waals surface area contributed by atoms with Crippen molar-refractivity contribution in [3.8, 4) is 0 Å². The highest BCUT2D eigenvalue weighted by Crippen LogP contribution is 1.93. The minimum Gasteiger partial charge on any atom is -0.478 e. The number of carbonyl (C=O) groups is 1. The van der Waals surface area contributed by atoms with Crippen LogP contribution in [0.15, 0.2) is 12.2 Å². The largest absolute Gasteiger partial charge is 0.478 e. The average Bonchev–Trinajstić information content (AvgIpc) is 1.65. The van der Waals surface area contributed by atoms with Crippen LogP contribution in [0.2, 0.25) is 0 Å². The zero-order valence-corrected chi connectivity index (χ0v) is 4.27. The molecule has 0 aromatic rings. The predicted octanol–water partition coefficient (Wildman–Crippen LogP) is 1.28. The van der Waals surface area contributed by atoms with Gasteiger partial charge in [-0.1, -0.05) is 13.5 Å². The lowest BCUT2D eigenvalue weighted by atomic mass is 10.2. The van der Waals surface area contributed by atoms with Crippen molar-refractivity contribution in [1.82, 2.24) is 0 Å². The molecule has 2 heteroatoms. The molecular formula is C5H10O2. The second-order valence-electron chi connectivity index (χ2n) is 1.26. The zero-order valence-electron chi connectivity index (χ0n) is 4.27. The molecule has 0 saturated carbocycles. The van der Waals surface area contributed by atoms with Gasteiger partial charge < -0.3 is 5.11 Å². The number of carboxylic acid groups (broad SMARTS) is 1. The normalized spacial score (nSPS) is 8.14. The van der Waals surface area contributed by atoms with Gasteiger partial charge in [0.2, 0.25) is 0 Å². The molecule has 0 heterocycles. The summed E-state index contributed by atoms with van der Waals surface area (Å²) in [5.74, 6) is -0.900. The number of hydrogen-bond donors (Lipinski definition) is 1. The third-order valence-corrected chi connectivity index (χ3v) is 0.729. The maximum absolute atomic E-state index is 9.83. The lowest BCUT2D eigenvalue weighted by molar-refractivity contribution is -0.132. The molecule has 0 bridgehead atoms. The third-order valence-electron chi connectivity index (χ3n) is 0.729. The molecule has 0 aliphatic carbocycles. The number of aliphatic carboxylic acids is 1. The van der Waals surface area contributed by atoms with Crippen molar-refractivity contribution in [1.29, 1.82) is 0 Å². The Bertz CT molecular complexity index is 98.6. The molecule has 0 aromatic carbocycles. The Morgan fingerprint density at radius 1 is 2.00 bits per heavy atom. The van der Waals surface area contributed by atoms with Crippen molar-refractivity contribution in [2.75, 3.05) is 0 Å². The molecule has 7 heavy (non-hydrogen) atoms. The van der Waals surface area contributed by atoms with E-state index in [-0.39, 0.29) is 7.00 Å². The van der Waals surface area contributed by atoms with Gasteiger partial charge in [-0.15, -0.1) is 0 Å². The molecule has 0 aliphatic heterocycles. The molecular weight excluding hydrogens is 92.1 g/mol. The molecule has 0 saturated heterocycles. The molecule has 0 rings (SSSR count). The molecule has 0 radical (unpaired) electrons. The Balaban J connectivity index is 0. The van der Waals surface area contributed by atoms with E-state index < -0.39 is 5.97 Å².